The molecule has 2 amide bonds. The van der Waals surface area contributed by atoms with Gasteiger partial charge in [-0.1, -0.05) is 18.2 Å². The van der Waals surface area contributed by atoms with Gasteiger partial charge in [0.1, 0.15) is 12.6 Å². The largest absolute Gasteiger partial charge is 0.480 e. The summed E-state index contributed by atoms with van der Waals surface area (Å²) in [5.74, 6) is -1.53. The van der Waals surface area contributed by atoms with Crippen molar-refractivity contribution < 1.29 is 19.5 Å². The average Bonchev–Trinajstić information content (AvgIpc) is 2.76. The number of amides is 2. The van der Waals surface area contributed by atoms with Crippen LogP contribution in [0, 0.1) is 0 Å². The third kappa shape index (κ3) is 2.79. The van der Waals surface area contributed by atoms with Crippen LogP contribution in [-0.2, 0) is 14.4 Å². The molecule has 0 radical (unpaired) electrons. The van der Waals surface area contributed by atoms with Crippen molar-refractivity contribution in [3.05, 3.63) is 30.3 Å². The topological polar surface area (TPSA) is 77.9 Å². The molecule has 0 saturated carbocycles. The summed E-state index contributed by atoms with van der Waals surface area (Å²) in [5.41, 5.74) is 0.521. The summed E-state index contributed by atoms with van der Waals surface area (Å²) in [6.07, 6.45) is 0.750. The third-order valence-corrected chi connectivity index (χ3v) is 3.40. The summed E-state index contributed by atoms with van der Waals surface area (Å²) in [7, 11) is 1.57. The minimum atomic E-state index is -1.09. The Kier molecular flexibility index (Phi) is 4.02. The highest BCUT2D eigenvalue weighted by Crippen LogP contribution is 2.22. The number of likely N-dealkylation sites (tertiary alicyclic amines) is 1. The Morgan fingerprint density at radius 2 is 2.00 bits per heavy atom. The van der Waals surface area contributed by atoms with Crippen LogP contribution in [0.4, 0.5) is 5.69 Å². The molecule has 106 valence electrons. The zero-order valence-electron chi connectivity index (χ0n) is 11.2. The van der Waals surface area contributed by atoms with E-state index < -0.39 is 18.6 Å². The Hall–Kier alpha value is -2.37. The van der Waals surface area contributed by atoms with Crippen LogP contribution in [0.15, 0.2) is 30.3 Å². The summed E-state index contributed by atoms with van der Waals surface area (Å²) in [4.78, 5) is 37.6. The van der Waals surface area contributed by atoms with Crippen LogP contribution in [0.1, 0.15) is 12.8 Å². The number of carbonyl (C=O) groups excluding carboxylic acids is 2. The maximum Gasteiger partial charge on any atom is 0.323 e. The molecular weight excluding hydrogens is 260 g/mol. The molecule has 1 N–H and O–H groups in total. The van der Waals surface area contributed by atoms with Gasteiger partial charge in [-0.2, -0.15) is 0 Å². The van der Waals surface area contributed by atoms with E-state index in [1.54, 1.807) is 37.4 Å². The lowest BCUT2D eigenvalue weighted by Crippen LogP contribution is -2.47. The van der Waals surface area contributed by atoms with Crippen LogP contribution in [-0.4, -0.2) is 47.4 Å². The number of likely N-dealkylation sites (N-methyl/N-ethyl adjacent to an activating group) is 1. The highest BCUT2D eigenvalue weighted by molar-refractivity contribution is 6.03. The molecule has 1 aliphatic rings. The summed E-state index contributed by atoms with van der Waals surface area (Å²) < 4.78 is 0. The number of hydrogen-bond acceptors (Lipinski definition) is 3. The quantitative estimate of drug-likeness (QED) is 0.879. The molecule has 1 atom stereocenters. The standard InChI is InChI=1S/C14H16N2O4/c1-15-11(7-8-12(15)17)14(20)16(9-13(18)19)10-5-3-2-4-6-10/h2-6,11H,7-9H2,1H3,(H,18,19). The first-order chi connectivity index (χ1) is 9.50. The monoisotopic (exact) mass is 276 g/mol. The van der Waals surface area contributed by atoms with E-state index in [2.05, 4.69) is 0 Å². The number of hydrogen-bond donors (Lipinski definition) is 1. The zero-order chi connectivity index (χ0) is 14.7. The van der Waals surface area contributed by atoms with Gasteiger partial charge in [-0.15, -0.1) is 0 Å². The molecule has 20 heavy (non-hydrogen) atoms. The molecule has 1 unspecified atom stereocenters. The number of aliphatic carboxylic acids is 1. The molecule has 2 rings (SSSR count). The van der Waals surface area contributed by atoms with Gasteiger partial charge in [0.25, 0.3) is 0 Å². The fourth-order valence-electron chi connectivity index (χ4n) is 2.31. The van der Waals surface area contributed by atoms with Crippen molar-refractivity contribution in [3.8, 4) is 0 Å². The fourth-order valence-corrected chi connectivity index (χ4v) is 2.31. The first-order valence-electron chi connectivity index (χ1n) is 6.34. The van der Waals surface area contributed by atoms with Gasteiger partial charge in [-0.25, -0.2) is 0 Å². The second-order valence-corrected chi connectivity index (χ2v) is 4.71. The number of carboxylic acids is 1. The first kappa shape index (κ1) is 14.0. The Morgan fingerprint density at radius 3 is 2.50 bits per heavy atom. The molecule has 1 aromatic carbocycles. The lowest BCUT2D eigenvalue weighted by Gasteiger charge is -2.27. The fraction of sp³-hybridized carbons (Fsp3) is 0.357. The summed E-state index contributed by atoms with van der Waals surface area (Å²) >= 11 is 0. The van der Waals surface area contributed by atoms with Gasteiger partial charge in [-0.05, 0) is 18.6 Å². The highest BCUT2D eigenvalue weighted by atomic mass is 16.4. The number of para-hydroxylation sites is 1. The van der Waals surface area contributed by atoms with Gasteiger partial charge in [0.05, 0.1) is 0 Å². The molecule has 1 aliphatic heterocycles. The van der Waals surface area contributed by atoms with Crippen LogP contribution in [0.2, 0.25) is 0 Å². The van der Waals surface area contributed by atoms with Crippen molar-refractivity contribution in [1.29, 1.82) is 0 Å². The second-order valence-electron chi connectivity index (χ2n) is 4.71. The van der Waals surface area contributed by atoms with E-state index in [0.29, 0.717) is 18.5 Å². The van der Waals surface area contributed by atoms with E-state index in [1.165, 1.54) is 9.80 Å². The van der Waals surface area contributed by atoms with E-state index in [0.717, 1.165) is 0 Å². The Labute approximate surface area is 116 Å². The van der Waals surface area contributed by atoms with Crippen LogP contribution in [0.25, 0.3) is 0 Å². The van der Waals surface area contributed by atoms with Crippen molar-refractivity contribution in [3.63, 3.8) is 0 Å². The molecule has 0 spiro atoms. The van der Waals surface area contributed by atoms with E-state index in [1.807, 2.05) is 0 Å². The lowest BCUT2D eigenvalue weighted by atomic mass is 10.1. The number of rotatable bonds is 4. The summed E-state index contributed by atoms with van der Waals surface area (Å²) in [5, 5.41) is 8.98. The van der Waals surface area contributed by atoms with Gasteiger partial charge >= 0.3 is 5.97 Å². The minimum Gasteiger partial charge on any atom is -0.480 e. The maximum atomic E-state index is 12.5. The van der Waals surface area contributed by atoms with Gasteiger partial charge in [-0.3, -0.25) is 19.3 Å². The smallest absolute Gasteiger partial charge is 0.323 e. The normalized spacial score (nSPS) is 18.1. The van der Waals surface area contributed by atoms with E-state index in [9.17, 15) is 14.4 Å². The van der Waals surface area contributed by atoms with Crippen molar-refractivity contribution >= 4 is 23.5 Å². The SMILES string of the molecule is CN1C(=O)CCC1C(=O)N(CC(=O)O)c1ccccc1. The Bertz CT molecular complexity index is 529. The molecular formula is C14H16N2O4. The van der Waals surface area contributed by atoms with Crippen LogP contribution in [0.5, 0.6) is 0 Å². The number of carbonyl (C=O) groups is 3. The predicted molar refractivity (Wildman–Crippen MR) is 72.2 cm³/mol. The van der Waals surface area contributed by atoms with Gasteiger partial charge in [0, 0.05) is 19.2 Å². The molecule has 6 nitrogen and oxygen atoms in total. The van der Waals surface area contributed by atoms with Gasteiger partial charge in [0.2, 0.25) is 11.8 Å². The molecule has 1 aromatic rings. The van der Waals surface area contributed by atoms with Crippen LogP contribution < -0.4 is 4.90 Å². The molecule has 0 aromatic heterocycles. The van der Waals surface area contributed by atoms with E-state index in [-0.39, 0.29) is 11.8 Å². The summed E-state index contributed by atoms with van der Waals surface area (Å²) in [6, 6.07) is 8.04. The second kappa shape index (κ2) is 5.73. The van der Waals surface area contributed by atoms with Gasteiger partial charge in [0.15, 0.2) is 0 Å². The van der Waals surface area contributed by atoms with Crippen LogP contribution >= 0.6 is 0 Å². The highest BCUT2D eigenvalue weighted by Gasteiger charge is 2.36. The number of anilines is 1. The predicted octanol–water partition coefficient (Wildman–Crippen LogP) is 0.725. The van der Waals surface area contributed by atoms with Crippen molar-refractivity contribution in [2.45, 2.75) is 18.9 Å². The Morgan fingerprint density at radius 1 is 1.35 bits per heavy atom. The zero-order valence-corrected chi connectivity index (χ0v) is 11.2. The minimum absolute atomic E-state index is 0.0910. The van der Waals surface area contributed by atoms with E-state index >= 15 is 0 Å². The lowest BCUT2D eigenvalue weighted by molar-refractivity contribution is -0.137. The molecule has 1 heterocycles. The molecule has 1 saturated heterocycles. The number of carboxylic acid groups (broad SMARTS) is 1. The average molecular weight is 276 g/mol. The molecule has 0 aliphatic carbocycles. The molecule has 0 bridgehead atoms. The molecule has 1 fully saturated rings. The first-order valence-corrected chi connectivity index (χ1v) is 6.34. The Balaban J connectivity index is 2.25. The van der Waals surface area contributed by atoms with Crippen molar-refractivity contribution in [2.24, 2.45) is 0 Å². The van der Waals surface area contributed by atoms with Crippen molar-refractivity contribution in [2.75, 3.05) is 18.5 Å². The molecule has 6 heteroatoms. The maximum absolute atomic E-state index is 12.5. The van der Waals surface area contributed by atoms with Crippen LogP contribution in [0.3, 0.4) is 0 Å². The number of nitrogens with zero attached hydrogens (tertiary/aromatic N) is 2. The van der Waals surface area contributed by atoms with Crippen molar-refractivity contribution in [1.82, 2.24) is 4.90 Å². The van der Waals surface area contributed by atoms with Gasteiger partial charge < -0.3 is 10.0 Å². The summed E-state index contributed by atoms with van der Waals surface area (Å²) in [6.45, 7) is -0.415. The third-order valence-electron chi connectivity index (χ3n) is 3.40. The van der Waals surface area contributed by atoms with E-state index in [4.69, 9.17) is 5.11 Å². The number of benzene rings is 1.